The predicted octanol–water partition coefficient (Wildman–Crippen LogP) is 1.34. The Kier molecular flexibility index (Phi) is 5.12. The van der Waals surface area contributed by atoms with Gasteiger partial charge in [0.05, 0.1) is 5.41 Å². The second kappa shape index (κ2) is 4.54. The van der Waals surface area contributed by atoms with E-state index in [9.17, 15) is 4.79 Å². The zero-order valence-corrected chi connectivity index (χ0v) is 6.66. The lowest BCUT2D eigenvalue weighted by Gasteiger charge is -2.08. The highest BCUT2D eigenvalue weighted by Crippen LogP contribution is 2.11. The van der Waals surface area contributed by atoms with Crippen LogP contribution in [0.25, 0.3) is 0 Å². The monoisotopic (exact) mass is 164 g/mol. The van der Waals surface area contributed by atoms with Crippen LogP contribution in [0, 0.1) is 5.41 Å². The minimum absolute atomic E-state index is 0.583. The molecule has 5 nitrogen and oxygen atoms in total. The van der Waals surface area contributed by atoms with E-state index in [0.717, 1.165) is 0 Å². The Labute approximate surface area is 64.3 Å². The Hall–Kier alpha value is -1.26. The van der Waals surface area contributed by atoms with E-state index in [1.807, 2.05) is 0 Å². The molecule has 0 saturated carbocycles. The van der Waals surface area contributed by atoms with Crippen molar-refractivity contribution in [2.45, 2.75) is 20.8 Å². The molecule has 0 aliphatic heterocycles. The lowest BCUT2D eigenvalue weighted by atomic mass is 9.98. The van der Waals surface area contributed by atoms with E-state index in [0.29, 0.717) is 0 Å². The van der Waals surface area contributed by atoms with E-state index < -0.39 is 17.5 Å². The molecule has 0 fully saturated rings. The van der Waals surface area contributed by atoms with Gasteiger partial charge in [0.25, 0.3) is 0 Å². The van der Waals surface area contributed by atoms with Crippen LogP contribution in [0.3, 0.4) is 0 Å². The van der Waals surface area contributed by atoms with Gasteiger partial charge in [-0.15, -0.1) is 0 Å². The molecule has 0 amide bonds. The molecule has 0 heterocycles. The van der Waals surface area contributed by atoms with Crippen LogP contribution in [0.1, 0.15) is 20.8 Å². The fraction of sp³-hybridized carbons (Fsp3) is 0.667. The standard InChI is InChI=1S/C5H10O2.CH2O3/c1-5(2,3)4(6)7;2-1(3)4/h1-3H3,(H,6,7);(H2,2,3,4). The third-order valence-corrected chi connectivity index (χ3v) is 0.642. The van der Waals surface area contributed by atoms with Crippen molar-refractivity contribution in [3.8, 4) is 0 Å². The summed E-state index contributed by atoms with van der Waals surface area (Å²) in [5, 5.41) is 22.2. The molecule has 0 aliphatic carbocycles. The predicted molar refractivity (Wildman–Crippen MR) is 37.7 cm³/mol. The number of carboxylic acids is 1. The Bertz CT molecular complexity index is 140. The lowest BCUT2D eigenvalue weighted by molar-refractivity contribution is -0.145. The van der Waals surface area contributed by atoms with Crippen LogP contribution in [0.5, 0.6) is 0 Å². The molecule has 0 aliphatic rings. The summed E-state index contributed by atoms with van der Waals surface area (Å²) in [4.78, 5) is 18.6. The molecule has 0 atom stereocenters. The van der Waals surface area contributed by atoms with Crippen molar-refractivity contribution in [1.29, 1.82) is 0 Å². The van der Waals surface area contributed by atoms with Crippen LogP contribution in [-0.2, 0) is 4.79 Å². The molecule has 0 aromatic carbocycles. The summed E-state index contributed by atoms with van der Waals surface area (Å²) < 4.78 is 0. The molecule has 0 radical (unpaired) electrons. The number of aliphatic carboxylic acids is 1. The summed E-state index contributed by atoms with van der Waals surface area (Å²) >= 11 is 0. The van der Waals surface area contributed by atoms with Crippen molar-refractivity contribution in [2.75, 3.05) is 0 Å². The van der Waals surface area contributed by atoms with E-state index in [-0.39, 0.29) is 0 Å². The maximum Gasteiger partial charge on any atom is 0.503 e. The molecule has 5 heteroatoms. The second-order valence-electron chi connectivity index (χ2n) is 2.84. The van der Waals surface area contributed by atoms with Crippen molar-refractivity contribution in [3.63, 3.8) is 0 Å². The molecule has 0 aromatic heterocycles. The van der Waals surface area contributed by atoms with Gasteiger partial charge < -0.3 is 15.3 Å². The minimum Gasteiger partial charge on any atom is -0.481 e. The van der Waals surface area contributed by atoms with Crippen LogP contribution >= 0.6 is 0 Å². The molecule has 3 N–H and O–H groups in total. The van der Waals surface area contributed by atoms with Crippen molar-refractivity contribution < 1.29 is 24.9 Å². The second-order valence-corrected chi connectivity index (χ2v) is 2.84. The first-order chi connectivity index (χ1) is 4.68. The fourth-order valence-corrected chi connectivity index (χ4v) is 0. The van der Waals surface area contributed by atoms with Crippen molar-refractivity contribution in [1.82, 2.24) is 0 Å². The van der Waals surface area contributed by atoms with Crippen LogP contribution in [0.15, 0.2) is 0 Å². The zero-order valence-electron chi connectivity index (χ0n) is 6.66. The number of hydrogen-bond acceptors (Lipinski definition) is 2. The van der Waals surface area contributed by atoms with Gasteiger partial charge in [0.15, 0.2) is 0 Å². The first-order valence-corrected chi connectivity index (χ1v) is 2.83. The molecular formula is C6H12O5. The molecular weight excluding hydrogens is 152 g/mol. The molecule has 0 rings (SSSR count). The number of rotatable bonds is 0. The van der Waals surface area contributed by atoms with Gasteiger partial charge in [-0.1, -0.05) is 0 Å². The third kappa shape index (κ3) is 17.7. The van der Waals surface area contributed by atoms with Gasteiger partial charge in [-0.2, -0.15) is 0 Å². The van der Waals surface area contributed by atoms with Crippen LogP contribution in [0.2, 0.25) is 0 Å². The van der Waals surface area contributed by atoms with Crippen molar-refractivity contribution >= 4 is 12.1 Å². The Morgan fingerprint density at radius 2 is 1.09 bits per heavy atom. The van der Waals surface area contributed by atoms with Crippen LogP contribution in [-0.4, -0.2) is 27.4 Å². The van der Waals surface area contributed by atoms with Gasteiger partial charge in [-0.3, -0.25) is 4.79 Å². The van der Waals surface area contributed by atoms with Crippen LogP contribution in [0.4, 0.5) is 4.79 Å². The number of hydrogen-bond donors (Lipinski definition) is 3. The Morgan fingerprint density at radius 1 is 1.00 bits per heavy atom. The quantitative estimate of drug-likeness (QED) is 0.502. The van der Waals surface area contributed by atoms with E-state index in [1.54, 1.807) is 20.8 Å². The van der Waals surface area contributed by atoms with Gasteiger partial charge in [0, 0.05) is 0 Å². The Morgan fingerprint density at radius 3 is 1.09 bits per heavy atom. The molecule has 0 bridgehead atoms. The first kappa shape index (κ1) is 12.4. The smallest absolute Gasteiger partial charge is 0.481 e. The Balaban J connectivity index is 0. The van der Waals surface area contributed by atoms with Gasteiger partial charge in [0.1, 0.15) is 0 Å². The maximum absolute atomic E-state index is 10.0. The summed E-state index contributed by atoms with van der Waals surface area (Å²) in [6, 6.07) is 0. The topological polar surface area (TPSA) is 94.8 Å². The molecule has 0 aromatic rings. The SMILES string of the molecule is CC(C)(C)C(=O)O.O=C(O)O. The zero-order chi connectivity index (χ0) is 9.65. The van der Waals surface area contributed by atoms with E-state index in [4.69, 9.17) is 20.1 Å². The molecule has 11 heavy (non-hydrogen) atoms. The summed E-state index contributed by atoms with van der Waals surface area (Å²) in [6.07, 6.45) is -1.83. The highest BCUT2D eigenvalue weighted by molar-refractivity contribution is 5.72. The highest BCUT2D eigenvalue weighted by Gasteiger charge is 2.18. The summed E-state index contributed by atoms with van der Waals surface area (Å²) in [5.41, 5.74) is -0.583. The van der Waals surface area contributed by atoms with Gasteiger partial charge in [-0.05, 0) is 20.8 Å². The van der Waals surface area contributed by atoms with E-state index in [2.05, 4.69) is 0 Å². The number of carboxylic acid groups (broad SMARTS) is 3. The van der Waals surface area contributed by atoms with Crippen molar-refractivity contribution in [2.24, 2.45) is 5.41 Å². The maximum atomic E-state index is 10.0. The summed E-state index contributed by atoms with van der Waals surface area (Å²) in [6.45, 7) is 4.99. The molecule has 0 spiro atoms. The van der Waals surface area contributed by atoms with Gasteiger partial charge in [0.2, 0.25) is 0 Å². The average molecular weight is 164 g/mol. The normalized spacial score (nSPS) is 9.36. The summed E-state index contributed by atoms with van der Waals surface area (Å²) in [7, 11) is 0. The lowest BCUT2D eigenvalue weighted by Crippen LogP contribution is -2.18. The fourth-order valence-electron chi connectivity index (χ4n) is 0. The van der Waals surface area contributed by atoms with E-state index >= 15 is 0 Å². The van der Waals surface area contributed by atoms with Crippen LogP contribution < -0.4 is 0 Å². The summed E-state index contributed by atoms with van der Waals surface area (Å²) in [5.74, 6) is -0.757. The van der Waals surface area contributed by atoms with Crippen molar-refractivity contribution in [3.05, 3.63) is 0 Å². The first-order valence-electron chi connectivity index (χ1n) is 2.83. The molecule has 0 unspecified atom stereocenters. The average Bonchev–Trinajstić information content (AvgIpc) is 1.59. The minimum atomic E-state index is -1.83. The van der Waals surface area contributed by atoms with Gasteiger partial charge >= 0.3 is 12.1 Å². The molecule has 66 valence electrons. The van der Waals surface area contributed by atoms with E-state index in [1.165, 1.54) is 0 Å². The largest absolute Gasteiger partial charge is 0.503 e. The molecule has 0 saturated heterocycles. The number of carbonyl (C=O) groups is 2. The van der Waals surface area contributed by atoms with Gasteiger partial charge in [-0.25, -0.2) is 4.79 Å². The third-order valence-electron chi connectivity index (χ3n) is 0.642. The highest BCUT2D eigenvalue weighted by atomic mass is 16.6.